The molecule has 31 heavy (non-hydrogen) atoms. The van der Waals surface area contributed by atoms with Gasteiger partial charge in [0.1, 0.15) is 17.8 Å². The van der Waals surface area contributed by atoms with Gasteiger partial charge in [-0.1, -0.05) is 6.07 Å². The van der Waals surface area contributed by atoms with Crippen molar-refractivity contribution in [2.75, 3.05) is 31.1 Å². The Balaban J connectivity index is 0.00000272. The summed E-state index contributed by atoms with van der Waals surface area (Å²) < 4.78 is 6.00. The number of fused-ring (bicyclic) bond motifs is 1. The average Bonchev–Trinajstić information content (AvgIpc) is 2.78. The molecule has 0 atom stereocenters. The molecule has 9 heteroatoms. The molecule has 166 valence electrons. The maximum atomic E-state index is 12.1. The number of hydrogen-bond donors (Lipinski definition) is 3. The van der Waals surface area contributed by atoms with Crippen LogP contribution in [0.3, 0.4) is 0 Å². The number of rotatable bonds is 5. The topological polar surface area (TPSA) is 116 Å². The molecule has 0 aliphatic carbocycles. The molecule has 1 aromatic carbocycles. The second-order valence-electron chi connectivity index (χ2n) is 8.05. The van der Waals surface area contributed by atoms with E-state index in [0.29, 0.717) is 38.2 Å². The number of carboxylic acids is 1. The average molecular weight is 446 g/mol. The van der Waals surface area contributed by atoms with E-state index in [1.807, 2.05) is 35.2 Å². The van der Waals surface area contributed by atoms with Crippen LogP contribution in [0, 0.1) is 10.8 Å². The van der Waals surface area contributed by atoms with Crippen molar-refractivity contribution in [3.63, 3.8) is 0 Å². The fraction of sp³-hybridized carbons (Fsp3) is 0.409. The summed E-state index contributed by atoms with van der Waals surface area (Å²) in [5.41, 5.74) is 8.09. The first-order valence-corrected chi connectivity index (χ1v) is 10.2. The molecule has 2 aliphatic heterocycles. The summed E-state index contributed by atoms with van der Waals surface area (Å²) in [7, 11) is 0. The summed E-state index contributed by atoms with van der Waals surface area (Å²) in [6.45, 7) is 2.78. The maximum Gasteiger partial charge on any atom is 0.313 e. The number of benzene rings is 1. The highest BCUT2D eigenvalue weighted by Crippen LogP contribution is 2.35. The number of guanidine groups is 1. The Hall–Kier alpha value is -3.00. The van der Waals surface area contributed by atoms with Crippen LogP contribution in [0.1, 0.15) is 24.0 Å². The van der Waals surface area contributed by atoms with Crippen LogP contribution in [-0.2, 0) is 17.8 Å². The lowest BCUT2D eigenvalue weighted by atomic mass is 9.79. The second kappa shape index (κ2) is 9.43. The normalized spacial score (nSPS) is 17.3. The van der Waals surface area contributed by atoms with Gasteiger partial charge in [-0.05, 0) is 54.7 Å². The summed E-state index contributed by atoms with van der Waals surface area (Å²) in [6.07, 6.45) is 5.38. The number of anilines is 1. The van der Waals surface area contributed by atoms with Crippen LogP contribution >= 0.6 is 12.4 Å². The van der Waals surface area contributed by atoms with Gasteiger partial charge >= 0.3 is 5.97 Å². The van der Waals surface area contributed by atoms with Crippen molar-refractivity contribution in [2.45, 2.75) is 25.8 Å². The van der Waals surface area contributed by atoms with Crippen LogP contribution in [0.5, 0.6) is 5.75 Å². The Kier molecular flexibility index (Phi) is 6.90. The molecule has 0 saturated carbocycles. The first-order valence-electron chi connectivity index (χ1n) is 10.2. The number of nitrogens with one attached hydrogen (secondary N) is 1. The van der Waals surface area contributed by atoms with Gasteiger partial charge in [0.2, 0.25) is 0 Å². The van der Waals surface area contributed by atoms with Gasteiger partial charge in [-0.2, -0.15) is 0 Å². The number of nitrogens with zero attached hydrogens (tertiary/aromatic N) is 3. The number of aromatic nitrogens is 1. The second-order valence-corrected chi connectivity index (χ2v) is 8.05. The Morgan fingerprint density at radius 2 is 1.87 bits per heavy atom. The summed E-state index contributed by atoms with van der Waals surface area (Å²) in [4.78, 5) is 20.2. The Bertz CT molecular complexity index is 932. The summed E-state index contributed by atoms with van der Waals surface area (Å²) in [5.74, 6) is -0.0771. The molecule has 0 unspecified atom stereocenters. The van der Waals surface area contributed by atoms with E-state index in [9.17, 15) is 9.90 Å². The van der Waals surface area contributed by atoms with Gasteiger partial charge in [0.05, 0.1) is 0 Å². The number of pyridine rings is 1. The Labute approximate surface area is 187 Å². The van der Waals surface area contributed by atoms with Crippen LogP contribution in [0.15, 0.2) is 42.7 Å². The van der Waals surface area contributed by atoms with Gasteiger partial charge in [0.15, 0.2) is 5.96 Å². The first-order chi connectivity index (χ1) is 14.5. The zero-order valence-corrected chi connectivity index (χ0v) is 18.1. The zero-order valence-electron chi connectivity index (χ0n) is 17.3. The molecule has 1 saturated heterocycles. The van der Waals surface area contributed by atoms with Crippen LogP contribution in [-0.4, -0.2) is 53.2 Å². The lowest BCUT2D eigenvalue weighted by Crippen LogP contribution is -2.47. The van der Waals surface area contributed by atoms with Gasteiger partial charge in [-0.25, -0.2) is 0 Å². The molecular formula is C22H28ClN5O3. The van der Waals surface area contributed by atoms with Crippen molar-refractivity contribution in [3.05, 3.63) is 53.9 Å². The third kappa shape index (κ3) is 4.85. The molecule has 2 aliphatic rings. The molecule has 2 aromatic rings. The largest absolute Gasteiger partial charge is 0.492 e. The summed E-state index contributed by atoms with van der Waals surface area (Å²) >= 11 is 0. The van der Waals surface area contributed by atoms with E-state index in [2.05, 4.69) is 9.88 Å². The summed E-state index contributed by atoms with van der Waals surface area (Å²) in [6, 6.07) is 9.78. The Morgan fingerprint density at radius 3 is 2.52 bits per heavy atom. The molecule has 3 heterocycles. The lowest BCUT2D eigenvalue weighted by Gasteiger charge is -2.39. The standard InChI is InChI=1S/C22H27N5O3.ClH/c23-21(24)27-10-5-16-1-2-19(13-17(16)14-27)30-15-22(20(28)29)6-11-26(12-7-22)18-3-8-25-9-4-18;/h1-4,8-9,13H,5-7,10-12,14-15H2,(H3,23,24)(H,28,29);1H. The Morgan fingerprint density at radius 1 is 1.16 bits per heavy atom. The van der Waals surface area contributed by atoms with Crippen molar-refractivity contribution < 1.29 is 14.6 Å². The van der Waals surface area contributed by atoms with E-state index in [4.69, 9.17) is 15.9 Å². The predicted octanol–water partition coefficient (Wildman–Crippen LogP) is 2.51. The summed E-state index contributed by atoms with van der Waals surface area (Å²) in [5, 5.41) is 17.6. The number of carboxylic acid groups (broad SMARTS) is 1. The smallest absolute Gasteiger partial charge is 0.313 e. The maximum absolute atomic E-state index is 12.1. The third-order valence-electron chi connectivity index (χ3n) is 6.25. The van der Waals surface area contributed by atoms with E-state index >= 15 is 0 Å². The third-order valence-corrected chi connectivity index (χ3v) is 6.25. The molecule has 1 aromatic heterocycles. The van der Waals surface area contributed by atoms with Crippen LogP contribution in [0.2, 0.25) is 0 Å². The van der Waals surface area contributed by atoms with Crippen molar-refractivity contribution in [1.29, 1.82) is 5.41 Å². The molecule has 0 spiro atoms. The van der Waals surface area contributed by atoms with Crippen LogP contribution in [0.25, 0.3) is 0 Å². The van der Waals surface area contributed by atoms with E-state index in [1.165, 1.54) is 5.56 Å². The number of carbonyl (C=O) groups is 1. The number of halogens is 1. The van der Waals surface area contributed by atoms with Gasteiger partial charge in [0.25, 0.3) is 0 Å². The molecule has 0 radical (unpaired) electrons. The van der Waals surface area contributed by atoms with Gasteiger partial charge in [0, 0.05) is 44.3 Å². The van der Waals surface area contributed by atoms with Gasteiger partial charge < -0.3 is 25.4 Å². The number of ether oxygens (including phenoxy) is 1. The SMILES string of the molecule is Cl.N=C(N)N1CCc2ccc(OCC3(C(=O)O)CCN(c4ccncc4)CC3)cc2C1. The van der Waals surface area contributed by atoms with E-state index in [0.717, 1.165) is 24.2 Å². The number of aliphatic carboxylic acids is 1. The molecule has 0 bridgehead atoms. The van der Waals surface area contributed by atoms with Crippen LogP contribution < -0.4 is 15.4 Å². The number of piperidine rings is 1. The van der Waals surface area contributed by atoms with Crippen molar-refractivity contribution in [3.8, 4) is 5.75 Å². The molecule has 0 amide bonds. The van der Waals surface area contributed by atoms with Gasteiger partial charge in [-0.3, -0.25) is 15.2 Å². The monoisotopic (exact) mass is 445 g/mol. The highest BCUT2D eigenvalue weighted by molar-refractivity contribution is 5.85. The fourth-order valence-corrected chi connectivity index (χ4v) is 4.22. The van der Waals surface area contributed by atoms with E-state index in [1.54, 1.807) is 12.4 Å². The predicted molar refractivity (Wildman–Crippen MR) is 121 cm³/mol. The highest BCUT2D eigenvalue weighted by Gasteiger charge is 2.42. The van der Waals surface area contributed by atoms with E-state index in [-0.39, 0.29) is 25.0 Å². The minimum atomic E-state index is -0.898. The molecule has 8 nitrogen and oxygen atoms in total. The molecule has 4 rings (SSSR count). The lowest BCUT2D eigenvalue weighted by molar-refractivity contribution is -0.152. The molecule has 4 N–H and O–H groups in total. The quantitative estimate of drug-likeness (QED) is 0.478. The van der Waals surface area contributed by atoms with Gasteiger partial charge in [-0.15, -0.1) is 12.4 Å². The molecule has 1 fully saturated rings. The number of hydrogen-bond acceptors (Lipinski definition) is 5. The highest BCUT2D eigenvalue weighted by atomic mass is 35.5. The van der Waals surface area contributed by atoms with Crippen LogP contribution in [0.4, 0.5) is 5.69 Å². The minimum Gasteiger partial charge on any atom is -0.492 e. The first kappa shape index (κ1) is 22.7. The molecular weight excluding hydrogens is 418 g/mol. The van der Waals surface area contributed by atoms with Crippen molar-refractivity contribution in [1.82, 2.24) is 9.88 Å². The fourth-order valence-electron chi connectivity index (χ4n) is 4.22. The number of nitrogens with two attached hydrogens (primary N) is 1. The van der Waals surface area contributed by atoms with E-state index < -0.39 is 11.4 Å². The minimum absolute atomic E-state index is 0. The van der Waals surface area contributed by atoms with Crippen molar-refractivity contribution >= 4 is 30.0 Å². The van der Waals surface area contributed by atoms with Crippen molar-refractivity contribution in [2.24, 2.45) is 11.1 Å². The zero-order chi connectivity index (χ0) is 21.1.